The molecule has 4 aromatic rings. The smallest absolute Gasteiger partial charge is 0.196 e. The van der Waals surface area contributed by atoms with Crippen LogP contribution in [0.25, 0.3) is 28.0 Å². The molecule has 1 atom stereocenters. The fourth-order valence-corrected chi connectivity index (χ4v) is 3.92. The highest BCUT2D eigenvalue weighted by molar-refractivity contribution is 7.99. The Kier molecular flexibility index (Phi) is 4.90. The van der Waals surface area contributed by atoms with E-state index < -0.39 is 0 Å². The molecule has 0 saturated carbocycles. The van der Waals surface area contributed by atoms with E-state index in [1.807, 2.05) is 42.6 Å². The Bertz CT molecular complexity index is 1050. The van der Waals surface area contributed by atoms with E-state index >= 15 is 0 Å². The zero-order valence-electron chi connectivity index (χ0n) is 15.6. The number of hydrogen-bond acceptors (Lipinski definition) is 4. The zero-order chi connectivity index (χ0) is 18.8. The number of ether oxygens (including phenoxy) is 1. The van der Waals surface area contributed by atoms with Crippen LogP contribution in [0.2, 0.25) is 0 Å². The molecule has 27 heavy (non-hydrogen) atoms. The third-order valence-electron chi connectivity index (χ3n) is 4.68. The SMILES string of the molecule is CCC(C)Sc1nnc(-c2c[nH]c3ccccc23)n1-c1ccc(OC)cc1. The van der Waals surface area contributed by atoms with Gasteiger partial charge in [0.1, 0.15) is 5.75 Å². The Labute approximate surface area is 162 Å². The Balaban J connectivity index is 1.88. The van der Waals surface area contributed by atoms with Crippen molar-refractivity contribution in [2.75, 3.05) is 7.11 Å². The molecule has 2 aromatic carbocycles. The van der Waals surface area contributed by atoms with E-state index in [9.17, 15) is 0 Å². The average molecular weight is 379 g/mol. The third-order valence-corrected chi connectivity index (χ3v) is 5.89. The number of nitrogens with zero attached hydrogens (tertiary/aromatic N) is 3. The van der Waals surface area contributed by atoms with Gasteiger partial charge in [0.2, 0.25) is 0 Å². The molecular weight excluding hydrogens is 356 g/mol. The molecule has 4 rings (SSSR count). The summed E-state index contributed by atoms with van der Waals surface area (Å²) in [5, 5.41) is 11.6. The maximum absolute atomic E-state index is 5.31. The Hall–Kier alpha value is -2.73. The van der Waals surface area contributed by atoms with Gasteiger partial charge in [-0.2, -0.15) is 0 Å². The lowest BCUT2D eigenvalue weighted by molar-refractivity contribution is 0.414. The topological polar surface area (TPSA) is 55.7 Å². The highest BCUT2D eigenvalue weighted by atomic mass is 32.2. The number of aromatic amines is 1. The number of H-pyrrole nitrogens is 1. The molecule has 2 aromatic heterocycles. The Morgan fingerprint density at radius 3 is 2.63 bits per heavy atom. The van der Waals surface area contributed by atoms with Crippen molar-refractivity contribution in [3.05, 3.63) is 54.7 Å². The number of hydrogen-bond donors (Lipinski definition) is 1. The summed E-state index contributed by atoms with van der Waals surface area (Å²) in [5.41, 5.74) is 3.16. The second kappa shape index (κ2) is 7.48. The molecule has 0 aliphatic rings. The van der Waals surface area contributed by atoms with Crippen molar-refractivity contribution in [3.63, 3.8) is 0 Å². The van der Waals surface area contributed by atoms with Crippen LogP contribution < -0.4 is 4.74 Å². The molecule has 0 fully saturated rings. The third kappa shape index (κ3) is 3.32. The molecule has 0 bridgehead atoms. The van der Waals surface area contributed by atoms with E-state index in [1.165, 1.54) is 0 Å². The van der Waals surface area contributed by atoms with Gasteiger partial charge in [0.25, 0.3) is 0 Å². The first-order valence-electron chi connectivity index (χ1n) is 9.04. The average Bonchev–Trinajstić information content (AvgIpc) is 3.31. The van der Waals surface area contributed by atoms with Gasteiger partial charge in [-0.15, -0.1) is 10.2 Å². The lowest BCUT2D eigenvalue weighted by Gasteiger charge is -2.13. The first-order valence-corrected chi connectivity index (χ1v) is 9.92. The Morgan fingerprint density at radius 1 is 1.11 bits per heavy atom. The highest BCUT2D eigenvalue weighted by Crippen LogP contribution is 2.34. The van der Waals surface area contributed by atoms with Crippen molar-refractivity contribution in [2.45, 2.75) is 30.7 Å². The largest absolute Gasteiger partial charge is 0.497 e. The summed E-state index contributed by atoms with van der Waals surface area (Å²) in [6.07, 6.45) is 3.08. The number of fused-ring (bicyclic) bond motifs is 1. The monoisotopic (exact) mass is 378 g/mol. The van der Waals surface area contributed by atoms with Crippen LogP contribution in [0.4, 0.5) is 0 Å². The molecule has 0 aliphatic heterocycles. The molecule has 5 nitrogen and oxygen atoms in total. The number of nitrogens with one attached hydrogen (secondary N) is 1. The normalized spacial score (nSPS) is 12.4. The first kappa shape index (κ1) is 17.7. The fourth-order valence-electron chi connectivity index (χ4n) is 3.00. The van der Waals surface area contributed by atoms with Crippen LogP contribution in [0.3, 0.4) is 0 Å². The quantitative estimate of drug-likeness (QED) is 0.462. The van der Waals surface area contributed by atoms with Gasteiger partial charge in [-0.25, -0.2) is 0 Å². The minimum absolute atomic E-state index is 0.460. The summed E-state index contributed by atoms with van der Waals surface area (Å²) >= 11 is 1.75. The van der Waals surface area contributed by atoms with E-state index in [2.05, 4.69) is 45.7 Å². The summed E-state index contributed by atoms with van der Waals surface area (Å²) in [6.45, 7) is 4.40. The molecule has 138 valence electrons. The number of thioether (sulfide) groups is 1. The van der Waals surface area contributed by atoms with Gasteiger partial charge >= 0.3 is 0 Å². The van der Waals surface area contributed by atoms with Crippen LogP contribution in [-0.2, 0) is 0 Å². The van der Waals surface area contributed by atoms with Gasteiger partial charge in [0, 0.05) is 33.6 Å². The lowest BCUT2D eigenvalue weighted by Crippen LogP contribution is -2.02. The molecule has 0 saturated heterocycles. The lowest BCUT2D eigenvalue weighted by atomic mass is 10.1. The summed E-state index contributed by atoms with van der Waals surface area (Å²) in [4.78, 5) is 3.34. The van der Waals surface area contributed by atoms with Crippen LogP contribution in [0.5, 0.6) is 5.75 Å². The molecule has 0 spiro atoms. The predicted molar refractivity (Wildman–Crippen MR) is 111 cm³/mol. The number of aromatic nitrogens is 4. The molecular formula is C21H22N4OS. The van der Waals surface area contributed by atoms with Crippen molar-refractivity contribution >= 4 is 22.7 Å². The van der Waals surface area contributed by atoms with Crippen LogP contribution in [-0.4, -0.2) is 32.1 Å². The number of para-hydroxylation sites is 1. The van der Waals surface area contributed by atoms with E-state index in [0.717, 1.165) is 45.3 Å². The van der Waals surface area contributed by atoms with Crippen molar-refractivity contribution < 1.29 is 4.74 Å². The van der Waals surface area contributed by atoms with Crippen molar-refractivity contribution in [2.24, 2.45) is 0 Å². The molecule has 1 unspecified atom stereocenters. The van der Waals surface area contributed by atoms with Crippen LogP contribution in [0.15, 0.2) is 59.9 Å². The highest BCUT2D eigenvalue weighted by Gasteiger charge is 2.20. The fraction of sp³-hybridized carbons (Fsp3) is 0.238. The van der Waals surface area contributed by atoms with Gasteiger partial charge in [-0.05, 0) is 36.8 Å². The number of benzene rings is 2. The van der Waals surface area contributed by atoms with E-state index in [0.29, 0.717) is 5.25 Å². The van der Waals surface area contributed by atoms with Gasteiger partial charge < -0.3 is 9.72 Å². The molecule has 1 N–H and O–H groups in total. The van der Waals surface area contributed by atoms with E-state index in [-0.39, 0.29) is 0 Å². The summed E-state index contributed by atoms with van der Waals surface area (Å²) in [5.74, 6) is 1.67. The van der Waals surface area contributed by atoms with Crippen LogP contribution in [0, 0.1) is 0 Å². The van der Waals surface area contributed by atoms with Crippen LogP contribution >= 0.6 is 11.8 Å². The first-order chi connectivity index (χ1) is 13.2. The molecule has 0 radical (unpaired) electrons. The summed E-state index contributed by atoms with van der Waals surface area (Å²) < 4.78 is 7.44. The minimum atomic E-state index is 0.460. The van der Waals surface area contributed by atoms with Crippen molar-refractivity contribution in [3.8, 4) is 22.8 Å². The van der Waals surface area contributed by atoms with Gasteiger partial charge in [0.15, 0.2) is 11.0 Å². The minimum Gasteiger partial charge on any atom is -0.497 e. The predicted octanol–water partition coefficient (Wildman–Crippen LogP) is 5.31. The second-order valence-electron chi connectivity index (χ2n) is 6.42. The van der Waals surface area contributed by atoms with Gasteiger partial charge in [-0.3, -0.25) is 4.57 Å². The van der Waals surface area contributed by atoms with Crippen molar-refractivity contribution in [1.82, 2.24) is 19.7 Å². The maximum Gasteiger partial charge on any atom is 0.196 e. The Morgan fingerprint density at radius 2 is 1.89 bits per heavy atom. The number of rotatable bonds is 6. The summed E-state index contributed by atoms with van der Waals surface area (Å²) in [6, 6.07) is 16.3. The van der Waals surface area contributed by atoms with E-state index in [1.54, 1.807) is 18.9 Å². The molecule has 2 heterocycles. The maximum atomic E-state index is 5.31. The zero-order valence-corrected chi connectivity index (χ0v) is 16.5. The summed E-state index contributed by atoms with van der Waals surface area (Å²) in [7, 11) is 1.68. The number of methoxy groups -OCH3 is 1. The second-order valence-corrected chi connectivity index (χ2v) is 7.83. The van der Waals surface area contributed by atoms with Crippen LogP contribution in [0.1, 0.15) is 20.3 Å². The molecule has 6 heteroatoms. The van der Waals surface area contributed by atoms with Gasteiger partial charge in [0.05, 0.1) is 7.11 Å². The molecule has 0 amide bonds. The van der Waals surface area contributed by atoms with Crippen molar-refractivity contribution in [1.29, 1.82) is 0 Å². The molecule has 0 aliphatic carbocycles. The van der Waals surface area contributed by atoms with E-state index in [4.69, 9.17) is 4.74 Å². The van der Waals surface area contributed by atoms with Gasteiger partial charge in [-0.1, -0.05) is 43.8 Å². The standard InChI is InChI=1S/C21H22N4OS/c1-4-14(2)27-21-24-23-20(18-13-22-19-8-6-5-7-17(18)19)25(21)15-9-11-16(26-3)12-10-15/h5-14,22H,4H2,1-3H3.